The average molecular weight is 238 g/mol. The Bertz CT molecular complexity index is 384. The molecule has 7 nitrogen and oxygen atoms in total. The summed E-state index contributed by atoms with van der Waals surface area (Å²) in [6, 6.07) is -0.894. The Hall–Kier alpha value is -2.18. The molecule has 0 aromatic rings. The van der Waals surface area contributed by atoms with E-state index >= 15 is 0 Å². The molecular formula is C10H14N4O3. The highest BCUT2D eigenvalue weighted by Crippen LogP contribution is 2.12. The van der Waals surface area contributed by atoms with Gasteiger partial charge in [-0.15, -0.1) is 0 Å². The van der Waals surface area contributed by atoms with Crippen LogP contribution < -0.4 is 10.6 Å². The van der Waals surface area contributed by atoms with Crippen LogP contribution in [0, 0.1) is 5.41 Å². The number of amides is 3. The van der Waals surface area contributed by atoms with Crippen LogP contribution in [0.3, 0.4) is 0 Å². The Morgan fingerprint density at radius 2 is 1.82 bits per heavy atom. The maximum atomic E-state index is 11.5. The molecule has 0 aliphatic carbocycles. The summed E-state index contributed by atoms with van der Waals surface area (Å²) in [7, 11) is 2.95. The maximum Gasteiger partial charge on any atom is 0.254 e. The highest BCUT2D eigenvalue weighted by atomic mass is 16.2. The van der Waals surface area contributed by atoms with Crippen LogP contribution in [-0.2, 0) is 14.4 Å². The van der Waals surface area contributed by atoms with Crippen LogP contribution in [0.2, 0.25) is 0 Å². The van der Waals surface area contributed by atoms with Gasteiger partial charge in [-0.05, 0) is 0 Å². The first-order valence-electron chi connectivity index (χ1n) is 5.03. The van der Waals surface area contributed by atoms with Crippen LogP contribution in [-0.4, -0.2) is 48.6 Å². The highest BCUT2D eigenvalue weighted by molar-refractivity contribution is 6.15. The zero-order chi connectivity index (χ0) is 13.0. The lowest BCUT2D eigenvalue weighted by Gasteiger charge is -2.25. The van der Waals surface area contributed by atoms with Crippen molar-refractivity contribution < 1.29 is 14.4 Å². The second kappa shape index (κ2) is 5.24. The predicted molar refractivity (Wildman–Crippen MR) is 60.3 cm³/mol. The quantitative estimate of drug-likeness (QED) is 0.319. The number of carbonyl (C=O) groups is 3. The Morgan fingerprint density at radius 3 is 2.24 bits per heavy atom. The van der Waals surface area contributed by atoms with Crippen molar-refractivity contribution in [1.29, 1.82) is 5.41 Å². The van der Waals surface area contributed by atoms with Crippen molar-refractivity contribution in [3.05, 3.63) is 12.2 Å². The van der Waals surface area contributed by atoms with E-state index in [0.717, 1.165) is 17.1 Å². The van der Waals surface area contributed by atoms with Crippen molar-refractivity contribution >= 4 is 23.6 Å². The molecule has 92 valence electrons. The molecule has 0 fully saturated rings. The Balaban J connectivity index is 2.90. The zero-order valence-electron chi connectivity index (χ0n) is 9.61. The van der Waals surface area contributed by atoms with Crippen molar-refractivity contribution in [2.24, 2.45) is 0 Å². The number of imide groups is 1. The van der Waals surface area contributed by atoms with E-state index in [-0.39, 0.29) is 18.2 Å². The van der Waals surface area contributed by atoms with E-state index in [2.05, 4.69) is 10.6 Å². The molecule has 3 amide bonds. The van der Waals surface area contributed by atoms with Crippen molar-refractivity contribution in [3.8, 4) is 0 Å². The van der Waals surface area contributed by atoms with E-state index in [4.69, 9.17) is 5.41 Å². The molecule has 0 spiro atoms. The number of hydrogen-bond acceptors (Lipinski definition) is 4. The van der Waals surface area contributed by atoms with E-state index in [0.29, 0.717) is 0 Å². The molecule has 0 aromatic carbocycles. The standard InChI is InChI=1S/C10H14N4O3/c1-12-7(15)5-6(10(11)13-2)14-8(16)3-4-9(14)17/h3-4,6H,5H2,1-2H3,(H2,11,13)(H,12,15). The molecular weight excluding hydrogens is 224 g/mol. The largest absolute Gasteiger partial charge is 0.375 e. The summed E-state index contributed by atoms with van der Waals surface area (Å²) >= 11 is 0. The molecule has 1 aliphatic rings. The topological polar surface area (TPSA) is 102 Å². The minimum absolute atomic E-state index is 0.0565. The summed E-state index contributed by atoms with van der Waals surface area (Å²) in [6.45, 7) is 0. The van der Waals surface area contributed by atoms with Crippen molar-refractivity contribution in [2.45, 2.75) is 12.5 Å². The number of hydrogen-bond donors (Lipinski definition) is 3. The van der Waals surface area contributed by atoms with Gasteiger partial charge in [0.1, 0.15) is 11.9 Å². The number of likely N-dealkylation sites (N-methyl/N-ethyl adjacent to an activating group) is 1. The van der Waals surface area contributed by atoms with Gasteiger partial charge in [0.05, 0.1) is 6.42 Å². The number of rotatable bonds is 4. The molecule has 0 saturated carbocycles. The van der Waals surface area contributed by atoms with Crippen LogP contribution in [0.4, 0.5) is 0 Å². The summed E-state index contributed by atoms with van der Waals surface area (Å²) in [4.78, 5) is 35.2. The van der Waals surface area contributed by atoms with Crippen LogP contribution in [0.25, 0.3) is 0 Å². The molecule has 1 aliphatic heterocycles. The molecule has 3 N–H and O–H groups in total. The van der Waals surface area contributed by atoms with E-state index in [1.165, 1.54) is 14.1 Å². The lowest BCUT2D eigenvalue weighted by Crippen LogP contribution is -2.50. The summed E-state index contributed by atoms with van der Waals surface area (Å²) < 4.78 is 0. The summed E-state index contributed by atoms with van der Waals surface area (Å²) in [5, 5.41) is 12.6. The second-order valence-corrected chi connectivity index (χ2v) is 3.44. The number of nitrogens with zero attached hydrogens (tertiary/aromatic N) is 1. The van der Waals surface area contributed by atoms with Crippen molar-refractivity contribution in [1.82, 2.24) is 15.5 Å². The fourth-order valence-electron chi connectivity index (χ4n) is 1.49. The molecule has 1 unspecified atom stereocenters. The van der Waals surface area contributed by atoms with Gasteiger partial charge in [0.15, 0.2) is 0 Å². The van der Waals surface area contributed by atoms with Gasteiger partial charge in [-0.3, -0.25) is 24.7 Å². The molecule has 17 heavy (non-hydrogen) atoms. The van der Waals surface area contributed by atoms with Gasteiger partial charge in [-0.2, -0.15) is 0 Å². The third kappa shape index (κ3) is 2.68. The summed E-state index contributed by atoms with van der Waals surface area (Å²) in [5.74, 6) is -1.42. The highest BCUT2D eigenvalue weighted by Gasteiger charge is 2.34. The lowest BCUT2D eigenvalue weighted by atomic mass is 10.1. The van der Waals surface area contributed by atoms with E-state index in [9.17, 15) is 14.4 Å². The lowest BCUT2D eigenvalue weighted by molar-refractivity contribution is -0.138. The normalized spacial score (nSPS) is 16.0. The number of nitrogens with one attached hydrogen (secondary N) is 3. The van der Waals surface area contributed by atoms with Gasteiger partial charge in [0.2, 0.25) is 5.91 Å². The second-order valence-electron chi connectivity index (χ2n) is 3.44. The SMILES string of the molecule is CNC(=N)C(CC(=O)NC)N1C(=O)C=CC1=O. The fourth-order valence-corrected chi connectivity index (χ4v) is 1.49. The molecule has 1 heterocycles. The van der Waals surface area contributed by atoms with Gasteiger partial charge >= 0.3 is 0 Å². The molecule has 0 aromatic heterocycles. The van der Waals surface area contributed by atoms with Gasteiger partial charge < -0.3 is 10.6 Å². The van der Waals surface area contributed by atoms with Crippen LogP contribution in [0.1, 0.15) is 6.42 Å². The average Bonchev–Trinajstić information content (AvgIpc) is 2.65. The van der Waals surface area contributed by atoms with Crippen LogP contribution in [0.5, 0.6) is 0 Å². The van der Waals surface area contributed by atoms with Gasteiger partial charge in [-0.25, -0.2) is 0 Å². The number of amidine groups is 1. The molecule has 7 heteroatoms. The third-order valence-corrected chi connectivity index (χ3v) is 2.42. The first kappa shape index (κ1) is 12.9. The molecule has 0 bridgehead atoms. The van der Waals surface area contributed by atoms with Crippen LogP contribution in [0.15, 0.2) is 12.2 Å². The van der Waals surface area contributed by atoms with E-state index in [1.54, 1.807) is 0 Å². The monoisotopic (exact) mass is 238 g/mol. The summed E-state index contributed by atoms with van der Waals surface area (Å²) in [6.07, 6.45) is 2.12. The minimum atomic E-state index is -0.894. The van der Waals surface area contributed by atoms with Gasteiger partial charge in [-0.1, -0.05) is 0 Å². The van der Waals surface area contributed by atoms with Crippen molar-refractivity contribution in [3.63, 3.8) is 0 Å². The summed E-state index contributed by atoms with van der Waals surface area (Å²) in [5.41, 5.74) is 0. The first-order chi connectivity index (χ1) is 8.01. The molecule has 0 radical (unpaired) electrons. The van der Waals surface area contributed by atoms with E-state index in [1.807, 2.05) is 0 Å². The van der Waals surface area contributed by atoms with Gasteiger partial charge in [0, 0.05) is 26.2 Å². The fraction of sp³-hybridized carbons (Fsp3) is 0.400. The number of carbonyl (C=O) groups excluding carboxylic acids is 3. The predicted octanol–water partition coefficient (Wildman–Crippen LogP) is -1.39. The first-order valence-corrected chi connectivity index (χ1v) is 5.03. The molecule has 1 rings (SSSR count). The Labute approximate surface area is 98.4 Å². The minimum Gasteiger partial charge on any atom is -0.375 e. The van der Waals surface area contributed by atoms with Crippen molar-refractivity contribution in [2.75, 3.05) is 14.1 Å². The Kier molecular flexibility index (Phi) is 3.97. The smallest absolute Gasteiger partial charge is 0.254 e. The Morgan fingerprint density at radius 1 is 1.29 bits per heavy atom. The zero-order valence-corrected chi connectivity index (χ0v) is 9.61. The molecule has 1 atom stereocenters. The van der Waals surface area contributed by atoms with E-state index < -0.39 is 17.9 Å². The van der Waals surface area contributed by atoms with Crippen LogP contribution >= 0.6 is 0 Å². The van der Waals surface area contributed by atoms with Gasteiger partial charge in [0.25, 0.3) is 11.8 Å². The maximum absolute atomic E-state index is 11.5. The molecule has 0 saturated heterocycles. The third-order valence-electron chi connectivity index (χ3n) is 2.42.